The average Bonchev–Trinajstić information content (AvgIpc) is 2.79. The highest BCUT2D eigenvalue weighted by Gasteiger charge is 2.14. The van der Waals surface area contributed by atoms with Crippen LogP contribution >= 0.6 is 0 Å². The van der Waals surface area contributed by atoms with Crippen molar-refractivity contribution in [2.75, 3.05) is 11.9 Å². The van der Waals surface area contributed by atoms with Gasteiger partial charge in [-0.2, -0.15) is 0 Å². The third-order valence-electron chi connectivity index (χ3n) is 2.43. The van der Waals surface area contributed by atoms with Gasteiger partial charge in [-0.05, 0) is 32.9 Å². The maximum atomic E-state index is 5.50. The number of aromatic nitrogens is 2. The van der Waals surface area contributed by atoms with Crippen molar-refractivity contribution >= 4 is 5.82 Å². The molecule has 0 fully saturated rings. The van der Waals surface area contributed by atoms with E-state index in [1.807, 2.05) is 32.9 Å². The van der Waals surface area contributed by atoms with Crippen molar-refractivity contribution in [3.05, 3.63) is 36.2 Å². The third kappa shape index (κ3) is 2.80. The molecule has 0 saturated carbocycles. The minimum Gasteiger partial charge on any atom is -0.490 e. The summed E-state index contributed by atoms with van der Waals surface area (Å²) in [7, 11) is 0. The molecule has 5 heteroatoms. The number of anilines is 1. The van der Waals surface area contributed by atoms with Gasteiger partial charge in [-0.1, -0.05) is 0 Å². The fourth-order valence-corrected chi connectivity index (χ4v) is 1.61. The van der Waals surface area contributed by atoms with Crippen LogP contribution in [0.25, 0.3) is 0 Å². The molecule has 96 valence electrons. The van der Waals surface area contributed by atoms with Gasteiger partial charge in [0.2, 0.25) is 5.89 Å². The highest BCUT2D eigenvalue weighted by molar-refractivity contribution is 5.50. The SMILES string of the molecule is CCOc1cccnc1NC(C)c1ncc(C)o1. The molecule has 1 unspecified atom stereocenters. The number of pyridine rings is 1. The molecule has 1 N–H and O–H groups in total. The number of hydrogen-bond donors (Lipinski definition) is 1. The average molecular weight is 247 g/mol. The molecule has 0 bridgehead atoms. The zero-order valence-corrected chi connectivity index (χ0v) is 10.8. The fraction of sp³-hybridized carbons (Fsp3) is 0.385. The van der Waals surface area contributed by atoms with Gasteiger partial charge < -0.3 is 14.5 Å². The Bertz CT molecular complexity index is 510. The van der Waals surface area contributed by atoms with Crippen LogP contribution in [0.3, 0.4) is 0 Å². The van der Waals surface area contributed by atoms with E-state index < -0.39 is 0 Å². The first-order chi connectivity index (χ1) is 8.70. The molecular formula is C13H17N3O2. The van der Waals surface area contributed by atoms with Crippen LogP contribution in [0.2, 0.25) is 0 Å². The minimum absolute atomic E-state index is 0.0622. The number of ether oxygens (including phenoxy) is 1. The summed E-state index contributed by atoms with van der Waals surface area (Å²) in [6.45, 7) is 6.38. The molecule has 0 saturated heterocycles. The van der Waals surface area contributed by atoms with E-state index in [1.165, 1.54) is 0 Å². The predicted molar refractivity (Wildman–Crippen MR) is 68.7 cm³/mol. The van der Waals surface area contributed by atoms with E-state index in [9.17, 15) is 0 Å². The highest BCUT2D eigenvalue weighted by atomic mass is 16.5. The van der Waals surface area contributed by atoms with Gasteiger partial charge in [0.1, 0.15) is 11.8 Å². The monoisotopic (exact) mass is 247 g/mol. The molecule has 2 aromatic rings. The Kier molecular flexibility index (Phi) is 3.82. The second kappa shape index (κ2) is 5.53. The summed E-state index contributed by atoms with van der Waals surface area (Å²) in [5.41, 5.74) is 0. The van der Waals surface area contributed by atoms with Crippen LogP contribution in [-0.4, -0.2) is 16.6 Å². The lowest BCUT2D eigenvalue weighted by atomic mass is 10.3. The maximum absolute atomic E-state index is 5.50. The first-order valence-corrected chi connectivity index (χ1v) is 5.97. The van der Waals surface area contributed by atoms with Crippen LogP contribution in [0.15, 0.2) is 28.9 Å². The first kappa shape index (κ1) is 12.4. The zero-order chi connectivity index (χ0) is 13.0. The first-order valence-electron chi connectivity index (χ1n) is 5.97. The van der Waals surface area contributed by atoms with Crippen molar-refractivity contribution in [2.45, 2.75) is 26.8 Å². The molecule has 1 atom stereocenters. The van der Waals surface area contributed by atoms with Gasteiger partial charge in [0.25, 0.3) is 0 Å². The molecule has 0 amide bonds. The maximum Gasteiger partial charge on any atom is 0.216 e. The summed E-state index contributed by atoms with van der Waals surface area (Å²) in [5.74, 6) is 2.86. The Hall–Kier alpha value is -2.04. The number of nitrogens with one attached hydrogen (secondary N) is 1. The lowest BCUT2D eigenvalue weighted by Crippen LogP contribution is -2.09. The molecule has 0 radical (unpaired) electrons. The van der Waals surface area contributed by atoms with Crippen LogP contribution in [0.1, 0.15) is 31.5 Å². The molecule has 18 heavy (non-hydrogen) atoms. The van der Waals surface area contributed by atoms with Gasteiger partial charge in [0.05, 0.1) is 12.8 Å². The number of rotatable bonds is 5. The Labute approximate surface area is 106 Å². The normalized spacial score (nSPS) is 12.2. The molecule has 2 heterocycles. The van der Waals surface area contributed by atoms with Crippen LogP contribution in [0, 0.1) is 6.92 Å². The van der Waals surface area contributed by atoms with E-state index in [2.05, 4.69) is 15.3 Å². The number of oxazole rings is 1. The van der Waals surface area contributed by atoms with E-state index in [4.69, 9.17) is 9.15 Å². The molecule has 0 aromatic carbocycles. The largest absolute Gasteiger partial charge is 0.490 e. The number of hydrogen-bond acceptors (Lipinski definition) is 5. The topological polar surface area (TPSA) is 60.2 Å². The van der Waals surface area contributed by atoms with Crippen LogP contribution in [-0.2, 0) is 0 Å². The van der Waals surface area contributed by atoms with Gasteiger partial charge in [0.15, 0.2) is 11.6 Å². The summed E-state index contributed by atoms with van der Waals surface area (Å²) < 4.78 is 11.0. The zero-order valence-electron chi connectivity index (χ0n) is 10.8. The van der Waals surface area contributed by atoms with Crippen molar-refractivity contribution in [1.29, 1.82) is 0 Å². The van der Waals surface area contributed by atoms with Gasteiger partial charge >= 0.3 is 0 Å². The number of nitrogens with zero attached hydrogens (tertiary/aromatic N) is 2. The second-order valence-electron chi connectivity index (χ2n) is 3.96. The molecule has 0 spiro atoms. The Balaban J connectivity index is 2.13. The van der Waals surface area contributed by atoms with Gasteiger partial charge in [-0.25, -0.2) is 9.97 Å². The number of aryl methyl sites for hydroxylation is 1. The lowest BCUT2D eigenvalue weighted by molar-refractivity contribution is 0.340. The predicted octanol–water partition coefficient (Wildman–Crippen LogP) is 2.95. The van der Waals surface area contributed by atoms with E-state index in [-0.39, 0.29) is 6.04 Å². The van der Waals surface area contributed by atoms with Gasteiger partial charge in [-0.3, -0.25) is 0 Å². The highest BCUT2D eigenvalue weighted by Crippen LogP contribution is 2.25. The third-order valence-corrected chi connectivity index (χ3v) is 2.43. The molecule has 0 aliphatic heterocycles. The minimum atomic E-state index is -0.0622. The standard InChI is InChI=1S/C13H17N3O2/c1-4-17-11-6-5-7-14-12(11)16-10(3)13-15-8-9(2)18-13/h5-8,10H,4H2,1-3H3,(H,14,16). The smallest absolute Gasteiger partial charge is 0.216 e. The molecule has 2 aromatic heterocycles. The Morgan fingerprint density at radius 1 is 1.44 bits per heavy atom. The van der Waals surface area contributed by atoms with Crippen molar-refractivity contribution in [1.82, 2.24) is 9.97 Å². The van der Waals surface area contributed by atoms with E-state index in [0.717, 1.165) is 11.5 Å². The van der Waals surface area contributed by atoms with Crippen LogP contribution in [0.4, 0.5) is 5.82 Å². The summed E-state index contributed by atoms with van der Waals surface area (Å²) in [4.78, 5) is 8.45. The second-order valence-corrected chi connectivity index (χ2v) is 3.96. The van der Waals surface area contributed by atoms with Crippen molar-refractivity contribution in [3.63, 3.8) is 0 Å². The molecule has 5 nitrogen and oxygen atoms in total. The van der Waals surface area contributed by atoms with Crippen LogP contribution < -0.4 is 10.1 Å². The summed E-state index contributed by atoms with van der Waals surface area (Å²) in [6.07, 6.45) is 3.42. The summed E-state index contributed by atoms with van der Waals surface area (Å²) in [5, 5.41) is 3.23. The molecule has 0 aliphatic rings. The lowest BCUT2D eigenvalue weighted by Gasteiger charge is -2.14. The van der Waals surface area contributed by atoms with Crippen LogP contribution in [0.5, 0.6) is 5.75 Å². The van der Waals surface area contributed by atoms with E-state index in [0.29, 0.717) is 18.3 Å². The molecular weight excluding hydrogens is 230 g/mol. The van der Waals surface area contributed by atoms with E-state index in [1.54, 1.807) is 12.4 Å². The van der Waals surface area contributed by atoms with Crippen molar-refractivity contribution in [2.24, 2.45) is 0 Å². The van der Waals surface area contributed by atoms with Gasteiger partial charge in [-0.15, -0.1) is 0 Å². The van der Waals surface area contributed by atoms with E-state index >= 15 is 0 Å². The van der Waals surface area contributed by atoms with Crippen molar-refractivity contribution < 1.29 is 9.15 Å². The summed E-state index contributed by atoms with van der Waals surface area (Å²) in [6, 6.07) is 3.66. The Morgan fingerprint density at radius 2 is 2.28 bits per heavy atom. The molecule has 2 rings (SSSR count). The van der Waals surface area contributed by atoms with Crippen molar-refractivity contribution in [3.8, 4) is 5.75 Å². The quantitative estimate of drug-likeness (QED) is 0.880. The van der Waals surface area contributed by atoms with Gasteiger partial charge in [0, 0.05) is 6.20 Å². The summed E-state index contributed by atoms with van der Waals surface area (Å²) >= 11 is 0. The Morgan fingerprint density at radius 3 is 2.94 bits per heavy atom. The fourth-order valence-electron chi connectivity index (χ4n) is 1.61. The molecule has 0 aliphatic carbocycles.